The maximum Gasteiger partial charge on any atom is 0.308 e. The Morgan fingerprint density at radius 3 is 2.62 bits per heavy atom. The van der Waals surface area contributed by atoms with Gasteiger partial charge in [-0.05, 0) is 12.8 Å². The standard InChI is InChI=1S/C11H17NO3S/c1-6(2)10(15-4)11-12-7(3)8(16-11)5-9(13)14/h6,10H,5H2,1-4H3,(H,13,14). The molecule has 1 N–H and O–H groups in total. The zero-order valence-electron chi connectivity index (χ0n) is 9.98. The third-order valence-electron chi connectivity index (χ3n) is 2.32. The van der Waals surface area contributed by atoms with E-state index >= 15 is 0 Å². The van der Waals surface area contributed by atoms with Gasteiger partial charge in [-0.2, -0.15) is 0 Å². The number of nitrogens with zero attached hydrogens (tertiary/aromatic N) is 1. The van der Waals surface area contributed by atoms with Gasteiger partial charge in [-0.1, -0.05) is 13.8 Å². The molecule has 0 aromatic carbocycles. The first kappa shape index (κ1) is 13.1. The van der Waals surface area contributed by atoms with Crippen LogP contribution < -0.4 is 0 Å². The van der Waals surface area contributed by atoms with Crippen LogP contribution in [0, 0.1) is 12.8 Å². The van der Waals surface area contributed by atoms with E-state index in [1.54, 1.807) is 7.11 Å². The van der Waals surface area contributed by atoms with Crippen molar-refractivity contribution in [2.24, 2.45) is 5.92 Å². The molecule has 0 fully saturated rings. The Morgan fingerprint density at radius 2 is 2.19 bits per heavy atom. The van der Waals surface area contributed by atoms with Gasteiger partial charge < -0.3 is 9.84 Å². The molecule has 1 heterocycles. The number of methoxy groups -OCH3 is 1. The topological polar surface area (TPSA) is 59.4 Å². The van der Waals surface area contributed by atoms with Crippen LogP contribution in [0.3, 0.4) is 0 Å². The number of aryl methyl sites for hydroxylation is 1. The van der Waals surface area contributed by atoms with E-state index in [0.29, 0.717) is 5.92 Å². The molecule has 0 aliphatic carbocycles. The van der Waals surface area contributed by atoms with Gasteiger partial charge in [-0.3, -0.25) is 4.79 Å². The molecule has 4 nitrogen and oxygen atoms in total. The number of carboxylic acid groups (broad SMARTS) is 1. The van der Waals surface area contributed by atoms with Crippen molar-refractivity contribution in [3.05, 3.63) is 15.6 Å². The molecule has 0 bridgehead atoms. The Labute approximate surface area is 99.3 Å². The van der Waals surface area contributed by atoms with Crippen LogP contribution in [-0.2, 0) is 16.0 Å². The van der Waals surface area contributed by atoms with Crippen molar-refractivity contribution in [3.63, 3.8) is 0 Å². The molecule has 1 rings (SSSR count). The number of rotatable bonds is 5. The summed E-state index contributed by atoms with van der Waals surface area (Å²) in [7, 11) is 1.65. The van der Waals surface area contributed by atoms with Crippen molar-refractivity contribution < 1.29 is 14.6 Å². The predicted molar refractivity (Wildman–Crippen MR) is 62.8 cm³/mol. The monoisotopic (exact) mass is 243 g/mol. The molecule has 1 unspecified atom stereocenters. The fourth-order valence-electron chi connectivity index (χ4n) is 1.53. The summed E-state index contributed by atoms with van der Waals surface area (Å²) in [4.78, 5) is 15.8. The molecule has 0 radical (unpaired) electrons. The van der Waals surface area contributed by atoms with E-state index in [9.17, 15) is 4.79 Å². The van der Waals surface area contributed by atoms with Crippen LogP contribution in [0.1, 0.15) is 35.5 Å². The number of carbonyl (C=O) groups is 1. The molecule has 1 aromatic heterocycles. The van der Waals surface area contributed by atoms with Crippen LogP contribution in [0.25, 0.3) is 0 Å². The maximum atomic E-state index is 10.7. The van der Waals surface area contributed by atoms with Gasteiger partial charge in [-0.15, -0.1) is 11.3 Å². The van der Waals surface area contributed by atoms with Crippen molar-refractivity contribution in [2.45, 2.75) is 33.3 Å². The molecule has 0 saturated heterocycles. The first-order valence-corrected chi connectivity index (χ1v) is 5.98. The SMILES string of the molecule is COC(c1nc(C)c(CC(=O)O)s1)C(C)C. The van der Waals surface area contributed by atoms with Crippen LogP contribution in [-0.4, -0.2) is 23.2 Å². The second-order valence-corrected chi connectivity index (χ2v) is 5.15. The third kappa shape index (κ3) is 3.02. The highest BCUT2D eigenvalue weighted by Gasteiger charge is 2.21. The first-order valence-electron chi connectivity index (χ1n) is 5.16. The van der Waals surface area contributed by atoms with Gasteiger partial charge in [0.2, 0.25) is 0 Å². The number of aliphatic carboxylic acids is 1. The molecular weight excluding hydrogens is 226 g/mol. The lowest BCUT2D eigenvalue weighted by molar-refractivity contribution is -0.136. The Morgan fingerprint density at radius 1 is 1.56 bits per heavy atom. The van der Waals surface area contributed by atoms with E-state index < -0.39 is 5.97 Å². The molecule has 5 heteroatoms. The average Bonchev–Trinajstić information content (AvgIpc) is 2.47. The molecule has 0 amide bonds. The first-order chi connectivity index (χ1) is 7.45. The van der Waals surface area contributed by atoms with Crippen LogP contribution in [0.15, 0.2) is 0 Å². The largest absolute Gasteiger partial charge is 0.481 e. The number of hydrogen-bond acceptors (Lipinski definition) is 4. The Kier molecular flexibility index (Phi) is 4.44. The number of thiazole rings is 1. The van der Waals surface area contributed by atoms with Crippen molar-refractivity contribution in [1.82, 2.24) is 4.98 Å². The second-order valence-electron chi connectivity index (χ2n) is 4.03. The van der Waals surface area contributed by atoms with Crippen LogP contribution in [0.4, 0.5) is 0 Å². The Balaban J connectivity index is 2.94. The van der Waals surface area contributed by atoms with Crippen LogP contribution in [0.5, 0.6) is 0 Å². The van der Waals surface area contributed by atoms with Crippen LogP contribution in [0.2, 0.25) is 0 Å². The highest BCUT2D eigenvalue weighted by Crippen LogP contribution is 2.30. The van der Waals surface area contributed by atoms with E-state index in [2.05, 4.69) is 18.8 Å². The van der Waals surface area contributed by atoms with E-state index in [0.717, 1.165) is 15.6 Å². The maximum absolute atomic E-state index is 10.7. The van der Waals surface area contributed by atoms with Gasteiger partial charge in [-0.25, -0.2) is 4.98 Å². The molecule has 16 heavy (non-hydrogen) atoms. The van der Waals surface area contributed by atoms with E-state index in [4.69, 9.17) is 9.84 Å². The van der Waals surface area contributed by atoms with Gasteiger partial charge in [0.1, 0.15) is 11.1 Å². The molecule has 0 saturated carbocycles. The van der Waals surface area contributed by atoms with Crippen LogP contribution >= 0.6 is 11.3 Å². The van der Waals surface area contributed by atoms with E-state index in [1.807, 2.05) is 6.92 Å². The minimum Gasteiger partial charge on any atom is -0.481 e. The summed E-state index contributed by atoms with van der Waals surface area (Å²) in [5.74, 6) is -0.495. The third-order valence-corrected chi connectivity index (χ3v) is 3.54. The highest BCUT2D eigenvalue weighted by molar-refractivity contribution is 7.11. The van der Waals surface area contributed by atoms with E-state index in [1.165, 1.54) is 11.3 Å². The molecule has 1 atom stereocenters. The summed E-state index contributed by atoms with van der Waals surface area (Å²) in [6.45, 7) is 5.95. The quantitative estimate of drug-likeness (QED) is 0.862. The van der Waals surface area contributed by atoms with Crippen molar-refractivity contribution >= 4 is 17.3 Å². The van der Waals surface area contributed by atoms with Gasteiger partial charge in [0.25, 0.3) is 0 Å². The minimum atomic E-state index is -0.822. The molecular formula is C11H17NO3S. The fourth-order valence-corrected chi connectivity index (χ4v) is 2.84. The molecule has 0 spiro atoms. The van der Waals surface area contributed by atoms with Gasteiger partial charge in [0.15, 0.2) is 0 Å². The zero-order chi connectivity index (χ0) is 12.3. The lowest BCUT2D eigenvalue weighted by Crippen LogP contribution is -2.08. The smallest absolute Gasteiger partial charge is 0.308 e. The molecule has 90 valence electrons. The van der Waals surface area contributed by atoms with Crippen molar-refractivity contribution in [2.75, 3.05) is 7.11 Å². The molecule has 1 aromatic rings. The summed E-state index contributed by atoms with van der Waals surface area (Å²) in [6, 6.07) is 0. The lowest BCUT2D eigenvalue weighted by atomic mass is 10.1. The summed E-state index contributed by atoms with van der Waals surface area (Å²) >= 11 is 1.43. The Hall–Kier alpha value is -0.940. The second kappa shape index (κ2) is 5.41. The lowest BCUT2D eigenvalue weighted by Gasteiger charge is -2.15. The molecule has 0 aliphatic rings. The van der Waals surface area contributed by atoms with Gasteiger partial charge >= 0.3 is 5.97 Å². The van der Waals surface area contributed by atoms with Crippen molar-refractivity contribution in [1.29, 1.82) is 0 Å². The Bertz CT molecular complexity index is 373. The summed E-state index contributed by atoms with van der Waals surface area (Å²) < 4.78 is 5.37. The van der Waals surface area contributed by atoms with Crippen molar-refractivity contribution in [3.8, 4) is 0 Å². The van der Waals surface area contributed by atoms with Gasteiger partial charge in [0, 0.05) is 12.0 Å². The summed E-state index contributed by atoms with van der Waals surface area (Å²) in [5.41, 5.74) is 0.796. The average molecular weight is 243 g/mol. The predicted octanol–water partition coefficient (Wildman–Crippen LogP) is 2.42. The number of ether oxygens (including phenoxy) is 1. The minimum absolute atomic E-state index is 0.0397. The number of carboxylic acids is 1. The normalized spacial score (nSPS) is 13.1. The zero-order valence-corrected chi connectivity index (χ0v) is 10.8. The van der Waals surface area contributed by atoms with E-state index in [-0.39, 0.29) is 12.5 Å². The summed E-state index contributed by atoms with van der Waals surface area (Å²) in [6.07, 6.45) is -0.0101. The summed E-state index contributed by atoms with van der Waals surface area (Å²) in [5, 5.41) is 9.62. The number of hydrogen-bond donors (Lipinski definition) is 1. The highest BCUT2D eigenvalue weighted by atomic mass is 32.1. The van der Waals surface area contributed by atoms with Gasteiger partial charge in [0.05, 0.1) is 12.1 Å². The number of aromatic nitrogens is 1. The fraction of sp³-hybridized carbons (Fsp3) is 0.636. The molecule has 0 aliphatic heterocycles.